The average Bonchev–Trinajstić information content (AvgIpc) is 3.32. The van der Waals surface area contributed by atoms with E-state index in [4.69, 9.17) is 10.4 Å². The first-order chi connectivity index (χ1) is 17.1. The van der Waals surface area contributed by atoms with E-state index in [9.17, 15) is 4.79 Å². The molecular formula is C31H22N2O2. The minimum absolute atomic E-state index is 0.274. The minimum atomic E-state index is -1.22. The Hall–Kier alpha value is -4.88. The third-order valence-electron chi connectivity index (χ3n) is 6.07. The normalized spacial score (nSPS) is 12.4. The Bertz CT molecular complexity index is 1440. The first kappa shape index (κ1) is 21.9. The second-order valence-corrected chi connectivity index (χ2v) is 8.33. The molecule has 4 aromatic carbocycles. The standard InChI is InChI=1S/C31H22N2O2/c32-21-27(31(34)35)18-22-11-12-24-19-26(20-25(24)17-22)23-13-15-30(16-14-23)33(28-7-3-1-4-8-28)29-9-5-2-6-10-29/h1-18,20H,19H2,(H,34,35)/b27-18+. The SMILES string of the molecule is N#C/C(=C\c1ccc2c(c1)C=C(c1ccc(N(c3ccccc3)c3ccccc3)cc1)C2)C(=O)O. The molecular weight excluding hydrogens is 432 g/mol. The number of rotatable bonds is 6. The summed E-state index contributed by atoms with van der Waals surface area (Å²) in [7, 11) is 0. The highest BCUT2D eigenvalue weighted by atomic mass is 16.4. The third-order valence-corrected chi connectivity index (χ3v) is 6.07. The number of allylic oxidation sites excluding steroid dienone is 1. The van der Waals surface area contributed by atoms with E-state index in [2.05, 4.69) is 59.5 Å². The van der Waals surface area contributed by atoms with E-state index >= 15 is 0 Å². The molecule has 0 radical (unpaired) electrons. The fraction of sp³-hybridized carbons (Fsp3) is 0.0323. The van der Waals surface area contributed by atoms with Gasteiger partial charge in [-0.1, -0.05) is 66.7 Å². The van der Waals surface area contributed by atoms with E-state index in [1.54, 1.807) is 6.07 Å². The van der Waals surface area contributed by atoms with E-state index in [-0.39, 0.29) is 5.57 Å². The van der Waals surface area contributed by atoms with Crippen LogP contribution in [0.25, 0.3) is 17.7 Å². The number of carbonyl (C=O) groups is 1. The Morgan fingerprint density at radius 3 is 2.00 bits per heavy atom. The monoisotopic (exact) mass is 454 g/mol. The van der Waals surface area contributed by atoms with Crippen LogP contribution in [0.2, 0.25) is 0 Å². The number of hydrogen-bond acceptors (Lipinski definition) is 3. The van der Waals surface area contributed by atoms with Crippen molar-refractivity contribution in [3.8, 4) is 6.07 Å². The van der Waals surface area contributed by atoms with Crippen molar-refractivity contribution in [3.63, 3.8) is 0 Å². The molecule has 5 rings (SSSR count). The summed E-state index contributed by atoms with van der Waals surface area (Å²) >= 11 is 0. The summed E-state index contributed by atoms with van der Waals surface area (Å²) in [6, 6.07) is 36.7. The van der Waals surface area contributed by atoms with Gasteiger partial charge in [-0.05, 0) is 82.8 Å². The van der Waals surface area contributed by atoms with Crippen LogP contribution in [-0.4, -0.2) is 11.1 Å². The molecule has 0 fully saturated rings. The fourth-order valence-electron chi connectivity index (χ4n) is 4.36. The zero-order valence-electron chi connectivity index (χ0n) is 18.9. The van der Waals surface area contributed by atoms with Crippen LogP contribution in [0.5, 0.6) is 0 Å². The van der Waals surface area contributed by atoms with Crippen LogP contribution in [-0.2, 0) is 11.2 Å². The van der Waals surface area contributed by atoms with Gasteiger partial charge in [-0.3, -0.25) is 0 Å². The van der Waals surface area contributed by atoms with Gasteiger partial charge in [-0.25, -0.2) is 4.79 Å². The van der Waals surface area contributed by atoms with E-state index in [0.29, 0.717) is 5.56 Å². The predicted molar refractivity (Wildman–Crippen MR) is 140 cm³/mol. The molecule has 0 saturated heterocycles. The highest BCUT2D eigenvalue weighted by Crippen LogP contribution is 2.37. The van der Waals surface area contributed by atoms with E-state index < -0.39 is 5.97 Å². The van der Waals surface area contributed by atoms with Crippen molar-refractivity contribution in [2.45, 2.75) is 6.42 Å². The molecule has 0 atom stereocenters. The van der Waals surface area contributed by atoms with Crippen LogP contribution in [0.15, 0.2) is 109 Å². The van der Waals surface area contributed by atoms with Gasteiger partial charge in [0, 0.05) is 17.1 Å². The molecule has 0 bridgehead atoms. The van der Waals surface area contributed by atoms with E-state index in [1.165, 1.54) is 17.2 Å². The number of aliphatic carboxylic acids is 1. The molecule has 0 heterocycles. The van der Waals surface area contributed by atoms with Crippen molar-refractivity contribution in [2.75, 3.05) is 4.90 Å². The summed E-state index contributed by atoms with van der Waals surface area (Å²) in [6.07, 6.45) is 4.36. The largest absolute Gasteiger partial charge is 0.477 e. The minimum Gasteiger partial charge on any atom is -0.477 e. The van der Waals surface area contributed by atoms with Gasteiger partial charge in [0.15, 0.2) is 0 Å². The van der Waals surface area contributed by atoms with Gasteiger partial charge in [0.1, 0.15) is 11.6 Å². The predicted octanol–water partition coefficient (Wildman–Crippen LogP) is 7.24. The van der Waals surface area contributed by atoms with Crippen LogP contribution in [0.3, 0.4) is 0 Å². The Morgan fingerprint density at radius 1 is 0.829 bits per heavy atom. The number of benzene rings is 4. The van der Waals surface area contributed by atoms with Crippen LogP contribution >= 0.6 is 0 Å². The molecule has 0 aromatic heterocycles. The lowest BCUT2D eigenvalue weighted by molar-refractivity contribution is -0.132. The maximum Gasteiger partial charge on any atom is 0.346 e. The number of nitrogens with zero attached hydrogens (tertiary/aromatic N) is 2. The van der Waals surface area contributed by atoms with Crippen molar-refractivity contribution in [2.24, 2.45) is 0 Å². The lowest BCUT2D eigenvalue weighted by atomic mass is 10.0. The van der Waals surface area contributed by atoms with Gasteiger partial charge in [-0.15, -0.1) is 0 Å². The van der Waals surface area contributed by atoms with Gasteiger partial charge in [0.2, 0.25) is 0 Å². The molecule has 4 aromatic rings. The number of para-hydroxylation sites is 2. The molecule has 0 amide bonds. The molecule has 0 spiro atoms. The highest BCUT2D eigenvalue weighted by molar-refractivity contribution is 5.97. The lowest BCUT2D eigenvalue weighted by Gasteiger charge is -2.25. The maximum absolute atomic E-state index is 11.2. The quantitative estimate of drug-likeness (QED) is 0.246. The van der Waals surface area contributed by atoms with Gasteiger partial charge in [-0.2, -0.15) is 5.26 Å². The number of carboxylic acids is 1. The summed E-state index contributed by atoms with van der Waals surface area (Å²) in [4.78, 5) is 13.4. The number of nitriles is 1. The second kappa shape index (κ2) is 9.54. The molecule has 168 valence electrons. The summed E-state index contributed by atoms with van der Waals surface area (Å²) in [5.74, 6) is -1.22. The summed E-state index contributed by atoms with van der Waals surface area (Å²) in [6.45, 7) is 0. The molecule has 1 aliphatic rings. The first-order valence-electron chi connectivity index (χ1n) is 11.3. The fourth-order valence-corrected chi connectivity index (χ4v) is 4.36. The molecule has 0 unspecified atom stereocenters. The molecule has 0 aliphatic heterocycles. The number of carboxylic acid groups (broad SMARTS) is 1. The van der Waals surface area contributed by atoms with Crippen molar-refractivity contribution < 1.29 is 9.90 Å². The maximum atomic E-state index is 11.2. The summed E-state index contributed by atoms with van der Waals surface area (Å²) in [5.41, 5.74) is 8.29. The molecule has 1 aliphatic carbocycles. The van der Waals surface area contributed by atoms with Crippen LogP contribution in [0.1, 0.15) is 22.3 Å². The summed E-state index contributed by atoms with van der Waals surface area (Å²) < 4.78 is 0. The molecule has 35 heavy (non-hydrogen) atoms. The van der Waals surface area contributed by atoms with Crippen molar-refractivity contribution in [1.29, 1.82) is 5.26 Å². The number of anilines is 3. The van der Waals surface area contributed by atoms with Crippen LogP contribution in [0, 0.1) is 11.3 Å². The third kappa shape index (κ3) is 4.62. The van der Waals surface area contributed by atoms with Gasteiger partial charge in [0.25, 0.3) is 0 Å². The lowest BCUT2D eigenvalue weighted by Crippen LogP contribution is -2.09. The molecule has 4 nitrogen and oxygen atoms in total. The van der Waals surface area contributed by atoms with Gasteiger partial charge >= 0.3 is 5.97 Å². The molecule has 4 heteroatoms. The zero-order chi connectivity index (χ0) is 24.2. The molecule has 1 N–H and O–H groups in total. The topological polar surface area (TPSA) is 64.3 Å². The van der Waals surface area contributed by atoms with Crippen LogP contribution < -0.4 is 4.90 Å². The van der Waals surface area contributed by atoms with Crippen LogP contribution in [0.4, 0.5) is 17.1 Å². The Labute approximate surface area is 204 Å². The Morgan fingerprint density at radius 2 is 1.43 bits per heavy atom. The van der Waals surface area contributed by atoms with Crippen molar-refractivity contribution >= 4 is 40.8 Å². The number of fused-ring (bicyclic) bond motifs is 1. The summed E-state index contributed by atoms with van der Waals surface area (Å²) in [5, 5.41) is 18.2. The number of hydrogen-bond donors (Lipinski definition) is 1. The average molecular weight is 455 g/mol. The second-order valence-electron chi connectivity index (χ2n) is 8.33. The highest BCUT2D eigenvalue weighted by Gasteiger charge is 2.17. The Balaban J connectivity index is 1.44. The van der Waals surface area contributed by atoms with Gasteiger partial charge < -0.3 is 10.0 Å². The van der Waals surface area contributed by atoms with Crippen molar-refractivity contribution in [1.82, 2.24) is 0 Å². The van der Waals surface area contributed by atoms with Gasteiger partial charge in [0.05, 0.1) is 0 Å². The van der Waals surface area contributed by atoms with Crippen molar-refractivity contribution in [3.05, 3.63) is 131 Å². The zero-order valence-corrected chi connectivity index (χ0v) is 18.9. The van der Waals surface area contributed by atoms with E-state index in [1.807, 2.05) is 54.6 Å². The molecule has 0 saturated carbocycles. The smallest absolute Gasteiger partial charge is 0.346 e. The first-order valence-corrected chi connectivity index (χ1v) is 11.3. The Kier molecular flexibility index (Phi) is 5.98. The van der Waals surface area contributed by atoms with E-state index in [0.717, 1.165) is 34.6 Å².